The van der Waals surface area contributed by atoms with Gasteiger partial charge in [-0.3, -0.25) is 9.78 Å². The molecule has 1 aliphatic heterocycles. The molecule has 6 heteroatoms. The summed E-state index contributed by atoms with van der Waals surface area (Å²) in [4.78, 5) is 23.2. The van der Waals surface area contributed by atoms with Crippen LogP contribution in [0.4, 0.5) is 0 Å². The van der Waals surface area contributed by atoms with Crippen molar-refractivity contribution in [2.45, 2.75) is 43.9 Å². The summed E-state index contributed by atoms with van der Waals surface area (Å²) in [6.07, 6.45) is 7.50. The monoisotopic (exact) mass is 312 g/mol. The fourth-order valence-corrected chi connectivity index (χ4v) is 3.25. The molecule has 2 fully saturated rings. The summed E-state index contributed by atoms with van der Waals surface area (Å²) in [6, 6.07) is 3.52. The van der Waals surface area contributed by atoms with Crippen molar-refractivity contribution in [3.8, 4) is 0 Å². The van der Waals surface area contributed by atoms with Gasteiger partial charge in [0, 0.05) is 42.4 Å². The fraction of sp³-hybridized carbons (Fsp3) is 0.529. The van der Waals surface area contributed by atoms with Gasteiger partial charge in [0.05, 0.1) is 0 Å². The van der Waals surface area contributed by atoms with Crippen LogP contribution in [0.1, 0.15) is 60.6 Å². The summed E-state index contributed by atoms with van der Waals surface area (Å²) < 4.78 is 5.41. The van der Waals surface area contributed by atoms with Gasteiger partial charge in [-0.2, -0.15) is 4.98 Å². The Kier molecular flexibility index (Phi) is 3.39. The predicted molar refractivity (Wildman–Crippen MR) is 83.0 cm³/mol. The Morgan fingerprint density at radius 1 is 1.35 bits per heavy atom. The van der Waals surface area contributed by atoms with E-state index in [0.29, 0.717) is 18.0 Å². The van der Waals surface area contributed by atoms with E-state index in [1.807, 2.05) is 4.90 Å². The number of nitrogens with zero attached hydrogens (tertiary/aromatic N) is 4. The molecule has 1 saturated heterocycles. The third kappa shape index (κ3) is 2.73. The van der Waals surface area contributed by atoms with Crippen LogP contribution in [0.3, 0.4) is 0 Å². The first kappa shape index (κ1) is 14.4. The van der Waals surface area contributed by atoms with Crippen molar-refractivity contribution in [3.05, 3.63) is 41.8 Å². The molecule has 0 aromatic carbocycles. The van der Waals surface area contributed by atoms with Crippen molar-refractivity contribution >= 4 is 5.91 Å². The van der Waals surface area contributed by atoms with Crippen molar-refractivity contribution in [2.75, 3.05) is 13.1 Å². The molecule has 0 spiro atoms. The molecule has 2 aromatic rings. The molecule has 6 nitrogen and oxygen atoms in total. The highest BCUT2D eigenvalue weighted by atomic mass is 16.5. The highest BCUT2D eigenvalue weighted by Crippen LogP contribution is 2.40. The van der Waals surface area contributed by atoms with E-state index in [-0.39, 0.29) is 11.3 Å². The summed E-state index contributed by atoms with van der Waals surface area (Å²) in [6.45, 7) is 3.52. The Labute approximate surface area is 134 Å². The quantitative estimate of drug-likeness (QED) is 0.871. The maximum Gasteiger partial charge on any atom is 0.253 e. The van der Waals surface area contributed by atoms with E-state index in [1.165, 1.54) is 0 Å². The Bertz CT molecular complexity index is 710. The molecule has 1 aliphatic carbocycles. The van der Waals surface area contributed by atoms with E-state index in [2.05, 4.69) is 22.0 Å². The Hall–Kier alpha value is -2.24. The van der Waals surface area contributed by atoms with Gasteiger partial charge >= 0.3 is 0 Å². The number of hydrogen-bond acceptors (Lipinski definition) is 5. The van der Waals surface area contributed by atoms with Crippen molar-refractivity contribution in [2.24, 2.45) is 0 Å². The van der Waals surface area contributed by atoms with E-state index in [1.54, 1.807) is 24.5 Å². The second-order valence-electron chi connectivity index (χ2n) is 6.86. The van der Waals surface area contributed by atoms with Crippen LogP contribution in [0.25, 0.3) is 0 Å². The number of amides is 1. The zero-order valence-corrected chi connectivity index (χ0v) is 13.2. The Morgan fingerprint density at radius 2 is 2.13 bits per heavy atom. The molecule has 1 saturated carbocycles. The lowest BCUT2D eigenvalue weighted by atomic mass is 9.81. The van der Waals surface area contributed by atoms with Crippen LogP contribution in [0.15, 0.2) is 29.0 Å². The second kappa shape index (κ2) is 5.44. The molecule has 1 amide bonds. The van der Waals surface area contributed by atoms with Crippen molar-refractivity contribution in [1.82, 2.24) is 20.0 Å². The normalized spacial score (nSPS) is 24.7. The van der Waals surface area contributed by atoms with Crippen LogP contribution in [-0.4, -0.2) is 39.0 Å². The van der Waals surface area contributed by atoms with Crippen LogP contribution in [0.5, 0.6) is 0 Å². The molecule has 4 rings (SSSR count). The lowest BCUT2D eigenvalue weighted by Crippen LogP contribution is -2.47. The number of carbonyl (C=O) groups excluding carboxylic acids is 1. The standard InChI is InChI=1S/C17H20N4O2/c1-17(16-19-14(23-20-16)12-3-4-12)7-2-10-21(11-17)15(22)13-5-8-18-9-6-13/h5-6,8-9,12H,2-4,7,10-11H2,1H3. The van der Waals surface area contributed by atoms with Gasteiger partial charge in [-0.25, -0.2) is 0 Å². The summed E-state index contributed by atoms with van der Waals surface area (Å²) in [5.41, 5.74) is 0.438. The number of likely N-dealkylation sites (tertiary alicyclic amines) is 1. The molecule has 23 heavy (non-hydrogen) atoms. The molecule has 120 valence electrons. The van der Waals surface area contributed by atoms with Gasteiger partial charge in [-0.05, 0) is 37.8 Å². The van der Waals surface area contributed by atoms with E-state index < -0.39 is 0 Å². The first-order chi connectivity index (χ1) is 11.2. The average Bonchev–Trinajstić information content (AvgIpc) is 3.31. The van der Waals surface area contributed by atoms with E-state index in [4.69, 9.17) is 4.52 Å². The first-order valence-corrected chi connectivity index (χ1v) is 8.19. The van der Waals surface area contributed by atoms with Gasteiger partial charge in [0.1, 0.15) is 0 Å². The molecular weight excluding hydrogens is 292 g/mol. The average molecular weight is 312 g/mol. The van der Waals surface area contributed by atoms with Gasteiger partial charge in [0.2, 0.25) is 5.89 Å². The molecule has 2 aromatic heterocycles. The molecule has 2 aliphatic rings. The van der Waals surface area contributed by atoms with Gasteiger partial charge in [0.25, 0.3) is 5.91 Å². The minimum absolute atomic E-state index is 0.0456. The smallest absolute Gasteiger partial charge is 0.253 e. The molecule has 1 atom stereocenters. The van der Waals surface area contributed by atoms with Gasteiger partial charge in [-0.15, -0.1) is 0 Å². The third-order valence-corrected chi connectivity index (χ3v) is 4.82. The molecule has 0 radical (unpaired) electrons. The molecule has 1 unspecified atom stereocenters. The SMILES string of the molecule is CC1(c2noc(C3CC3)n2)CCCN(C(=O)c2ccncc2)C1. The molecule has 0 N–H and O–H groups in total. The summed E-state index contributed by atoms with van der Waals surface area (Å²) in [5, 5.41) is 4.21. The summed E-state index contributed by atoms with van der Waals surface area (Å²) in [5.74, 6) is 2.01. The van der Waals surface area contributed by atoms with E-state index >= 15 is 0 Å². The minimum Gasteiger partial charge on any atom is -0.339 e. The second-order valence-corrected chi connectivity index (χ2v) is 6.86. The number of piperidine rings is 1. The van der Waals surface area contributed by atoms with E-state index in [9.17, 15) is 4.79 Å². The van der Waals surface area contributed by atoms with Gasteiger partial charge in [0.15, 0.2) is 5.82 Å². The maximum absolute atomic E-state index is 12.7. The fourth-order valence-electron chi connectivity index (χ4n) is 3.25. The maximum atomic E-state index is 12.7. The summed E-state index contributed by atoms with van der Waals surface area (Å²) in [7, 11) is 0. The molecule has 3 heterocycles. The van der Waals surface area contributed by atoms with Crippen molar-refractivity contribution in [1.29, 1.82) is 0 Å². The Morgan fingerprint density at radius 3 is 2.87 bits per heavy atom. The largest absolute Gasteiger partial charge is 0.339 e. The van der Waals surface area contributed by atoms with Gasteiger partial charge in [-0.1, -0.05) is 12.1 Å². The highest BCUT2D eigenvalue weighted by Gasteiger charge is 2.40. The van der Waals surface area contributed by atoms with Crippen LogP contribution >= 0.6 is 0 Å². The molecule has 0 bridgehead atoms. The number of carbonyl (C=O) groups is 1. The summed E-state index contributed by atoms with van der Waals surface area (Å²) >= 11 is 0. The lowest BCUT2D eigenvalue weighted by molar-refractivity contribution is 0.0642. The number of pyridine rings is 1. The van der Waals surface area contributed by atoms with Crippen molar-refractivity contribution < 1.29 is 9.32 Å². The van der Waals surface area contributed by atoms with Crippen LogP contribution in [0, 0.1) is 0 Å². The molecular formula is C17H20N4O2. The number of hydrogen-bond donors (Lipinski definition) is 0. The van der Waals surface area contributed by atoms with E-state index in [0.717, 1.165) is 43.9 Å². The zero-order chi connectivity index (χ0) is 15.9. The van der Waals surface area contributed by atoms with Gasteiger partial charge < -0.3 is 9.42 Å². The number of aromatic nitrogens is 3. The number of rotatable bonds is 3. The third-order valence-electron chi connectivity index (χ3n) is 4.82. The lowest BCUT2D eigenvalue weighted by Gasteiger charge is -2.38. The predicted octanol–water partition coefficient (Wildman–Crippen LogP) is 2.54. The minimum atomic E-state index is -0.239. The highest BCUT2D eigenvalue weighted by molar-refractivity contribution is 5.94. The first-order valence-electron chi connectivity index (χ1n) is 8.19. The van der Waals surface area contributed by atoms with Crippen LogP contribution in [0.2, 0.25) is 0 Å². The van der Waals surface area contributed by atoms with Crippen molar-refractivity contribution in [3.63, 3.8) is 0 Å². The zero-order valence-electron chi connectivity index (χ0n) is 13.2. The Balaban J connectivity index is 1.54. The van der Waals surface area contributed by atoms with Crippen LogP contribution < -0.4 is 0 Å². The van der Waals surface area contributed by atoms with Crippen LogP contribution in [-0.2, 0) is 5.41 Å². The topological polar surface area (TPSA) is 72.1 Å².